The Bertz CT molecular complexity index is 935. The molecule has 1 saturated heterocycles. The molecule has 2 fully saturated rings. The molecule has 0 amide bonds. The number of nitrogens with zero attached hydrogens (tertiary/aromatic N) is 7. The Balaban J connectivity index is 1.46. The lowest BCUT2D eigenvalue weighted by Crippen LogP contribution is -2.35. The van der Waals surface area contributed by atoms with Gasteiger partial charge in [0.2, 0.25) is 5.65 Å². The number of imidazole rings is 1. The fourth-order valence-electron chi connectivity index (χ4n) is 4.79. The van der Waals surface area contributed by atoms with Crippen molar-refractivity contribution in [3.63, 3.8) is 0 Å². The van der Waals surface area contributed by atoms with E-state index in [0.717, 1.165) is 48.5 Å². The van der Waals surface area contributed by atoms with Crippen molar-refractivity contribution in [2.45, 2.75) is 38.8 Å². The molecule has 1 saturated carbocycles. The normalized spacial score (nSPS) is 28.7. The number of hydrogen-bond acceptors (Lipinski definition) is 6. The quantitative estimate of drug-likeness (QED) is 0.749. The van der Waals surface area contributed by atoms with Gasteiger partial charge in [0.1, 0.15) is 6.33 Å². The predicted molar refractivity (Wildman–Crippen MR) is 96.0 cm³/mol. The van der Waals surface area contributed by atoms with Gasteiger partial charge in [-0.1, -0.05) is 0 Å². The molecule has 2 aliphatic rings. The third-order valence-corrected chi connectivity index (χ3v) is 6.23. The molecule has 136 valence electrons. The average molecular weight is 353 g/mol. The van der Waals surface area contributed by atoms with E-state index in [9.17, 15) is 5.11 Å². The minimum absolute atomic E-state index is 0.118. The van der Waals surface area contributed by atoms with E-state index in [2.05, 4.69) is 36.7 Å². The highest BCUT2D eigenvalue weighted by Crippen LogP contribution is 2.43. The Kier molecular flexibility index (Phi) is 3.49. The summed E-state index contributed by atoms with van der Waals surface area (Å²) in [6, 6.07) is 0.118. The maximum absolute atomic E-state index is 10.7. The van der Waals surface area contributed by atoms with Crippen molar-refractivity contribution in [3.05, 3.63) is 36.3 Å². The number of fused-ring (bicyclic) bond motifs is 2. The number of anilines is 1. The van der Waals surface area contributed by atoms with Crippen molar-refractivity contribution in [1.29, 1.82) is 0 Å². The maximum Gasteiger partial charge on any atom is 0.201 e. The summed E-state index contributed by atoms with van der Waals surface area (Å²) in [4.78, 5) is 6.57. The Hall–Kier alpha value is -2.48. The zero-order valence-electron chi connectivity index (χ0n) is 15.0. The first-order valence-electron chi connectivity index (χ1n) is 9.19. The van der Waals surface area contributed by atoms with Gasteiger partial charge in [-0.25, -0.2) is 4.98 Å². The Morgan fingerprint density at radius 2 is 1.92 bits per heavy atom. The molecule has 3 aromatic heterocycles. The van der Waals surface area contributed by atoms with Gasteiger partial charge < -0.3 is 14.6 Å². The second-order valence-electron chi connectivity index (χ2n) is 7.70. The Labute approximate surface area is 151 Å². The maximum atomic E-state index is 10.7. The molecule has 8 nitrogen and oxygen atoms in total. The summed E-state index contributed by atoms with van der Waals surface area (Å²) >= 11 is 0. The van der Waals surface area contributed by atoms with E-state index < -0.39 is 0 Å². The highest BCUT2D eigenvalue weighted by Gasteiger charge is 2.43. The van der Waals surface area contributed by atoms with Gasteiger partial charge in [0.05, 0.1) is 29.9 Å². The minimum atomic E-state index is -0.321. The fraction of sp³-hybridized carbons (Fsp3) is 0.556. The summed E-state index contributed by atoms with van der Waals surface area (Å²) < 4.78 is 3.82. The Morgan fingerprint density at radius 3 is 2.69 bits per heavy atom. The molecule has 5 rings (SSSR count). The van der Waals surface area contributed by atoms with Gasteiger partial charge in [0.15, 0.2) is 0 Å². The van der Waals surface area contributed by atoms with Crippen molar-refractivity contribution >= 4 is 11.3 Å². The van der Waals surface area contributed by atoms with Crippen LogP contribution in [0.15, 0.2) is 25.0 Å². The standard InChI is InChI=1S/C18H23N7O/c1-11-12(2)22-25-10-20-21-18(25)17(11)24-7-13-5-15(23-4-3-19-9-23)16(26)6-14(13)8-24/h3-4,9-10,13-16,26H,5-8H2,1-2H3/t13-,14+,15-,16-/m1/s1. The minimum Gasteiger partial charge on any atom is -0.391 e. The summed E-state index contributed by atoms with van der Waals surface area (Å²) in [5.41, 5.74) is 4.12. The van der Waals surface area contributed by atoms with Crippen LogP contribution in [0.1, 0.15) is 30.1 Å². The molecule has 1 aliphatic heterocycles. The first kappa shape index (κ1) is 15.7. The van der Waals surface area contributed by atoms with E-state index in [1.54, 1.807) is 17.0 Å². The zero-order chi connectivity index (χ0) is 17.8. The molecule has 0 bridgehead atoms. The molecular formula is C18H23N7O. The number of rotatable bonds is 2. The third-order valence-electron chi connectivity index (χ3n) is 6.23. The molecule has 4 heterocycles. The van der Waals surface area contributed by atoms with E-state index in [0.29, 0.717) is 11.8 Å². The highest BCUT2D eigenvalue weighted by molar-refractivity contribution is 5.73. The van der Waals surface area contributed by atoms with Crippen molar-refractivity contribution in [2.24, 2.45) is 11.8 Å². The summed E-state index contributed by atoms with van der Waals surface area (Å²) in [6.45, 7) is 6.07. The monoisotopic (exact) mass is 353 g/mol. The lowest BCUT2D eigenvalue weighted by molar-refractivity contribution is 0.0358. The van der Waals surface area contributed by atoms with Crippen LogP contribution in [0.4, 0.5) is 5.69 Å². The van der Waals surface area contributed by atoms with E-state index in [4.69, 9.17) is 0 Å². The van der Waals surface area contributed by atoms with Crippen molar-refractivity contribution in [1.82, 2.24) is 29.4 Å². The first-order valence-corrected chi connectivity index (χ1v) is 9.19. The second-order valence-corrected chi connectivity index (χ2v) is 7.70. The first-order chi connectivity index (χ1) is 12.6. The van der Waals surface area contributed by atoms with Gasteiger partial charge in [-0.3, -0.25) is 0 Å². The predicted octanol–water partition coefficient (Wildman–Crippen LogP) is 1.39. The van der Waals surface area contributed by atoms with E-state index >= 15 is 0 Å². The largest absolute Gasteiger partial charge is 0.391 e. The van der Waals surface area contributed by atoms with Crippen molar-refractivity contribution < 1.29 is 5.11 Å². The summed E-state index contributed by atoms with van der Waals surface area (Å²) in [5, 5.41) is 23.5. The number of aliphatic hydroxyl groups excluding tert-OH is 1. The molecule has 0 spiro atoms. The summed E-state index contributed by atoms with van der Waals surface area (Å²) in [6.07, 6.45) is 8.70. The van der Waals surface area contributed by atoms with Crippen LogP contribution >= 0.6 is 0 Å². The molecule has 8 heteroatoms. The van der Waals surface area contributed by atoms with Gasteiger partial charge in [0.25, 0.3) is 0 Å². The highest BCUT2D eigenvalue weighted by atomic mass is 16.3. The van der Waals surface area contributed by atoms with E-state index in [-0.39, 0.29) is 12.1 Å². The summed E-state index contributed by atoms with van der Waals surface area (Å²) in [7, 11) is 0. The van der Waals surface area contributed by atoms with Gasteiger partial charge in [0, 0.05) is 25.5 Å². The van der Waals surface area contributed by atoms with Gasteiger partial charge in [-0.15, -0.1) is 10.2 Å². The van der Waals surface area contributed by atoms with Crippen LogP contribution < -0.4 is 4.90 Å². The lowest BCUT2D eigenvalue weighted by Gasteiger charge is -2.35. The molecule has 26 heavy (non-hydrogen) atoms. The van der Waals surface area contributed by atoms with Crippen molar-refractivity contribution in [3.8, 4) is 0 Å². The van der Waals surface area contributed by atoms with Crippen LogP contribution in [-0.4, -0.2) is 53.7 Å². The van der Waals surface area contributed by atoms with Crippen LogP contribution in [0.25, 0.3) is 5.65 Å². The fourth-order valence-corrected chi connectivity index (χ4v) is 4.79. The van der Waals surface area contributed by atoms with Crippen LogP contribution in [0.5, 0.6) is 0 Å². The molecule has 0 unspecified atom stereocenters. The number of aromatic nitrogens is 6. The van der Waals surface area contributed by atoms with E-state index in [1.807, 2.05) is 19.4 Å². The second kappa shape index (κ2) is 5.77. The van der Waals surface area contributed by atoms with Gasteiger partial charge in [-0.05, 0) is 44.1 Å². The van der Waals surface area contributed by atoms with Gasteiger partial charge >= 0.3 is 0 Å². The molecular weight excluding hydrogens is 330 g/mol. The van der Waals surface area contributed by atoms with Crippen LogP contribution in [0.3, 0.4) is 0 Å². The molecule has 1 N–H and O–H groups in total. The molecule has 1 aliphatic carbocycles. The average Bonchev–Trinajstić information content (AvgIpc) is 3.34. The topological polar surface area (TPSA) is 84.4 Å². The zero-order valence-corrected chi connectivity index (χ0v) is 15.0. The third kappa shape index (κ3) is 2.32. The molecule has 4 atom stereocenters. The number of aliphatic hydroxyl groups is 1. The Morgan fingerprint density at radius 1 is 1.12 bits per heavy atom. The lowest BCUT2D eigenvalue weighted by atomic mass is 9.77. The van der Waals surface area contributed by atoms with Crippen LogP contribution in [-0.2, 0) is 0 Å². The van der Waals surface area contributed by atoms with E-state index in [1.165, 1.54) is 0 Å². The SMILES string of the molecule is Cc1nn2cnnc2c(N2C[C@H]3C[C@@H](n4ccnc4)[C@H](O)C[C@H]3C2)c1C. The molecule has 3 aromatic rings. The number of hydrogen-bond donors (Lipinski definition) is 1. The van der Waals surface area contributed by atoms with Gasteiger partial charge in [-0.2, -0.15) is 9.61 Å². The summed E-state index contributed by atoms with van der Waals surface area (Å²) in [5.74, 6) is 1.06. The molecule has 0 aromatic carbocycles. The number of aryl methyl sites for hydroxylation is 1. The van der Waals surface area contributed by atoms with Crippen LogP contribution in [0, 0.1) is 25.7 Å². The van der Waals surface area contributed by atoms with Crippen molar-refractivity contribution in [2.75, 3.05) is 18.0 Å². The van der Waals surface area contributed by atoms with Crippen LogP contribution in [0.2, 0.25) is 0 Å². The molecule has 0 radical (unpaired) electrons. The smallest absolute Gasteiger partial charge is 0.201 e.